The van der Waals surface area contributed by atoms with Crippen LogP contribution >= 0.6 is 23.2 Å². The molecule has 2 aromatic carbocycles. The summed E-state index contributed by atoms with van der Waals surface area (Å²) >= 11 is 11.9. The third-order valence-corrected chi connectivity index (χ3v) is 4.56. The maximum atomic E-state index is 12.2. The SMILES string of the molecule is CCc1cccc(CC)c1NC(=O)COC(=O)Cc1ccc(Cl)cc1Cl. The number of para-hydroxylation sites is 1. The number of amides is 1. The Bertz CT molecular complexity index is 783. The lowest BCUT2D eigenvalue weighted by atomic mass is 10.0. The van der Waals surface area contributed by atoms with E-state index in [1.165, 1.54) is 0 Å². The molecule has 0 aliphatic carbocycles. The predicted molar refractivity (Wildman–Crippen MR) is 105 cm³/mol. The molecule has 0 aromatic heterocycles. The maximum absolute atomic E-state index is 12.2. The van der Waals surface area contributed by atoms with Gasteiger partial charge in [0.05, 0.1) is 6.42 Å². The molecule has 4 nitrogen and oxygen atoms in total. The number of rotatable bonds is 7. The molecule has 6 heteroatoms. The molecule has 0 aliphatic rings. The number of hydrogen-bond acceptors (Lipinski definition) is 3. The van der Waals surface area contributed by atoms with Crippen molar-refractivity contribution >= 4 is 40.8 Å². The largest absolute Gasteiger partial charge is 0.455 e. The molecule has 26 heavy (non-hydrogen) atoms. The molecule has 0 saturated heterocycles. The van der Waals surface area contributed by atoms with Gasteiger partial charge >= 0.3 is 5.97 Å². The lowest BCUT2D eigenvalue weighted by molar-refractivity contribution is -0.146. The van der Waals surface area contributed by atoms with Crippen molar-refractivity contribution in [1.29, 1.82) is 0 Å². The van der Waals surface area contributed by atoms with Crippen molar-refractivity contribution in [2.24, 2.45) is 0 Å². The minimum absolute atomic E-state index is 0.0188. The van der Waals surface area contributed by atoms with Gasteiger partial charge in [-0.05, 0) is 41.7 Å². The van der Waals surface area contributed by atoms with E-state index in [4.69, 9.17) is 27.9 Å². The van der Waals surface area contributed by atoms with E-state index < -0.39 is 5.97 Å². The maximum Gasteiger partial charge on any atom is 0.310 e. The molecule has 0 heterocycles. The topological polar surface area (TPSA) is 55.4 Å². The van der Waals surface area contributed by atoms with E-state index in [0.717, 1.165) is 29.7 Å². The van der Waals surface area contributed by atoms with E-state index in [2.05, 4.69) is 5.32 Å². The molecule has 0 aliphatic heterocycles. The van der Waals surface area contributed by atoms with Crippen LogP contribution in [0.25, 0.3) is 0 Å². The number of benzene rings is 2. The number of ether oxygens (including phenoxy) is 1. The molecular weight excluding hydrogens is 373 g/mol. The third-order valence-electron chi connectivity index (χ3n) is 3.98. The predicted octanol–water partition coefficient (Wildman–Crippen LogP) is 4.84. The highest BCUT2D eigenvalue weighted by Gasteiger charge is 2.13. The van der Waals surface area contributed by atoms with Crippen LogP contribution in [0, 0.1) is 0 Å². The Balaban J connectivity index is 1.94. The normalized spacial score (nSPS) is 10.5. The first-order valence-electron chi connectivity index (χ1n) is 8.44. The zero-order valence-electron chi connectivity index (χ0n) is 14.8. The number of nitrogens with one attached hydrogen (secondary N) is 1. The number of carbonyl (C=O) groups is 2. The second-order valence-corrected chi connectivity index (χ2v) is 6.62. The first kappa shape index (κ1) is 20.3. The average Bonchev–Trinajstić information content (AvgIpc) is 2.62. The van der Waals surface area contributed by atoms with Crippen molar-refractivity contribution < 1.29 is 14.3 Å². The van der Waals surface area contributed by atoms with Crippen molar-refractivity contribution in [1.82, 2.24) is 0 Å². The molecule has 0 saturated carbocycles. The molecule has 0 bridgehead atoms. The van der Waals surface area contributed by atoms with E-state index in [-0.39, 0.29) is 18.9 Å². The van der Waals surface area contributed by atoms with E-state index in [1.54, 1.807) is 18.2 Å². The van der Waals surface area contributed by atoms with Gasteiger partial charge in [0.15, 0.2) is 6.61 Å². The van der Waals surface area contributed by atoms with Crippen LogP contribution in [0.4, 0.5) is 5.69 Å². The minimum Gasteiger partial charge on any atom is -0.455 e. The number of halogens is 2. The Kier molecular flexibility index (Phi) is 7.49. The molecule has 0 radical (unpaired) electrons. The molecule has 0 fully saturated rings. The Labute approximate surface area is 163 Å². The van der Waals surface area contributed by atoms with Crippen LogP contribution < -0.4 is 5.32 Å². The number of esters is 1. The van der Waals surface area contributed by atoms with Crippen LogP contribution in [0.1, 0.15) is 30.5 Å². The Morgan fingerprint density at radius 1 is 1.00 bits per heavy atom. The minimum atomic E-state index is -0.524. The zero-order valence-corrected chi connectivity index (χ0v) is 16.3. The number of aryl methyl sites for hydroxylation is 2. The van der Waals surface area contributed by atoms with Crippen molar-refractivity contribution in [3.63, 3.8) is 0 Å². The van der Waals surface area contributed by atoms with Gasteiger partial charge in [0.2, 0.25) is 0 Å². The monoisotopic (exact) mass is 393 g/mol. The van der Waals surface area contributed by atoms with Gasteiger partial charge in [0, 0.05) is 15.7 Å². The summed E-state index contributed by atoms with van der Waals surface area (Å²) in [5.74, 6) is -0.889. The summed E-state index contributed by atoms with van der Waals surface area (Å²) in [6.07, 6.45) is 1.59. The number of hydrogen-bond donors (Lipinski definition) is 1. The summed E-state index contributed by atoms with van der Waals surface area (Å²) in [4.78, 5) is 24.1. The second kappa shape index (κ2) is 9.60. The fourth-order valence-corrected chi connectivity index (χ4v) is 3.07. The van der Waals surface area contributed by atoms with E-state index in [0.29, 0.717) is 15.6 Å². The molecule has 1 amide bonds. The first-order valence-corrected chi connectivity index (χ1v) is 9.20. The van der Waals surface area contributed by atoms with Crippen LogP contribution in [0.3, 0.4) is 0 Å². The second-order valence-electron chi connectivity index (χ2n) is 5.78. The molecule has 0 atom stereocenters. The molecule has 138 valence electrons. The molecule has 0 unspecified atom stereocenters. The van der Waals surface area contributed by atoms with Gasteiger partial charge < -0.3 is 10.1 Å². The van der Waals surface area contributed by atoms with E-state index in [9.17, 15) is 9.59 Å². The fourth-order valence-electron chi connectivity index (χ4n) is 2.60. The van der Waals surface area contributed by atoms with Crippen molar-refractivity contribution in [3.8, 4) is 0 Å². The van der Waals surface area contributed by atoms with E-state index >= 15 is 0 Å². The van der Waals surface area contributed by atoms with Gasteiger partial charge in [0.25, 0.3) is 5.91 Å². The molecule has 0 spiro atoms. The van der Waals surface area contributed by atoms with E-state index in [1.807, 2.05) is 32.0 Å². The smallest absolute Gasteiger partial charge is 0.310 e. The first-order chi connectivity index (χ1) is 12.4. The molecule has 2 rings (SSSR count). The Morgan fingerprint density at radius 2 is 1.65 bits per heavy atom. The third kappa shape index (κ3) is 5.48. The van der Waals surface area contributed by atoms with Gasteiger partial charge in [-0.3, -0.25) is 9.59 Å². The van der Waals surface area contributed by atoms with Crippen LogP contribution in [0.2, 0.25) is 10.0 Å². The number of anilines is 1. The standard InChI is InChI=1S/C20H21Cl2NO3/c1-3-13-6-5-7-14(4-2)20(13)23-18(24)12-26-19(25)10-15-8-9-16(21)11-17(15)22/h5-9,11H,3-4,10,12H2,1-2H3,(H,23,24). The van der Waals surface area contributed by atoms with Gasteiger partial charge in [-0.2, -0.15) is 0 Å². The summed E-state index contributed by atoms with van der Waals surface area (Å²) in [5, 5.41) is 3.74. The summed E-state index contributed by atoms with van der Waals surface area (Å²) < 4.78 is 5.07. The van der Waals surface area contributed by atoms with Crippen molar-refractivity contribution in [2.75, 3.05) is 11.9 Å². The van der Waals surface area contributed by atoms with Crippen LogP contribution in [-0.4, -0.2) is 18.5 Å². The molecule has 2 aromatic rings. The quantitative estimate of drug-likeness (QED) is 0.684. The molecule has 1 N–H and O–H groups in total. The van der Waals surface area contributed by atoms with Gasteiger partial charge in [0.1, 0.15) is 0 Å². The summed E-state index contributed by atoms with van der Waals surface area (Å²) in [6.45, 7) is 3.71. The van der Waals surface area contributed by atoms with Gasteiger partial charge in [-0.1, -0.05) is 61.3 Å². The average molecular weight is 394 g/mol. The highest BCUT2D eigenvalue weighted by Crippen LogP contribution is 2.23. The van der Waals surface area contributed by atoms with Crippen LogP contribution in [-0.2, 0) is 33.6 Å². The lowest BCUT2D eigenvalue weighted by Gasteiger charge is -2.14. The Hall–Kier alpha value is -2.04. The van der Waals surface area contributed by atoms with Crippen molar-refractivity contribution in [3.05, 3.63) is 63.1 Å². The summed E-state index contributed by atoms with van der Waals surface area (Å²) in [6, 6.07) is 10.8. The van der Waals surface area contributed by atoms with Crippen molar-refractivity contribution in [2.45, 2.75) is 33.1 Å². The van der Waals surface area contributed by atoms with Gasteiger partial charge in [-0.25, -0.2) is 0 Å². The summed E-state index contributed by atoms with van der Waals surface area (Å²) in [5.41, 5.74) is 3.51. The van der Waals surface area contributed by atoms with Crippen LogP contribution in [0.5, 0.6) is 0 Å². The van der Waals surface area contributed by atoms with Crippen LogP contribution in [0.15, 0.2) is 36.4 Å². The summed E-state index contributed by atoms with van der Waals surface area (Å²) in [7, 11) is 0. The molecular formula is C20H21Cl2NO3. The zero-order chi connectivity index (χ0) is 19.1. The number of carbonyl (C=O) groups excluding carboxylic acids is 2. The lowest BCUT2D eigenvalue weighted by Crippen LogP contribution is -2.23. The highest BCUT2D eigenvalue weighted by atomic mass is 35.5. The van der Waals surface area contributed by atoms with Gasteiger partial charge in [-0.15, -0.1) is 0 Å². The highest BCUT2D eigenvalue weighted by molar-refractivity contribution is 6.35. The Morgan fingerprint density at radius 3 is 2.23 bits per heavy atom. The fraction of sp³-hybridized carbons (Fsp3) is 0.300.